The van der Waals surface area contributed by atoms with Gasteiger partial charge in [-0.25, -0.2) is 0 Å². The molecule has 2 aromatic carbocycles. The fourth-order valence-electron chi connectivity index (χ4n) is 4.35. The summed E-state index contributed by atoms with van der Waals surface area (Å²) < 4.78 is 0. The smallest absolute Gasteiger partial charge is 0.227 e. The van der Waals surface area contributed by atoms with Gasteiger partial charge < -0.3 is 10.2 Å². The molecular formula is C24H30ClN3O. The van der Waals surface area contributed by atoms with Crippen LogP contribution < -0.4 is 10.2 Å². The summed E-state index contributed by atoms with van der Waals surface area (Å²) >= 11 is 5.96. The Morgan fingerprint density at radius 1 is 0.897 bits per heavy atom. The summed E-state index contributed by atoms with van der Waals surface area (Å²) in [6.45, 7) is 5.10. The Kier molecular flexibility index (Phi) is 6.73. The highest BCUT2D eigenvalue weighted by Gasteiger charge is 2.25. The lowest BCUT2D eigenvalue weighted by atomic mass is 9.95. The first-order valence-corrected chi connectivity index (χ1v) is 11.2. The van der Waals surface area contributed by atoms with Crippen molar-refractivity contribution in [3.8, 4) is 0 Å². The van der Waals surface area contributed by atoms with Crippen molar-refractivity contribution in [3.05, 3.63) is 59.1 Å². The Labute approximate surface area is 178 Å². The van der Waals surface area contributed by atoms with Gasteiger partial charge in [0, 0.05) is 41.9 Å². The molecule has 0 saturated carbocycles. The molecule has 4 nitrogen and oxygen atoms in total. The van der Waals surface area contributed by atoms with Crippen LogP contribution in [0.15, 0.2) is 48.5 Å². The summed E-state index contributed by atoms with van der Waals surface area (Å²) in [5, 5.41) is 3.89. The second-order valence-electron chi connectivity index (χ2n) is 8.26. The van der Waals surface area contributed by atoms with Crippen LogP contribution in [0, 0.1) is 5.92 Å². The summed E-state index contributed by atoms with van der Waals surface area (Å²) in [7, 11) is 0. The third kappa shape index (κ3) is 5.52. The molecule has 2 aromatic rings. The molecule has 2 saturated heterocycles. The SMILES string of the molecule is O=C(Nc1ccc(N2CCCCC2)cc1)C1CCN(Cc2ccc(Cl)cc2)CC1. The van der Waals surface area contributed by atoms with Gasteiger partial charge >= 0.3 is 0 Å². The van der Waals surface area contributed by atoms with Gasteiger partial charge in [0.1, 0.15) is 0 Å². The van der Waals surface area contributed by atoms with Gasteiger partial charge in [0.25, 0.3) is 0 Å². The van der Waals surface area contributed by atoms with E-state index in [1.165, 1.54) is 30.5 Å². The van der Waals surface area contributed by atoms with Crippen molar-refractivity contribution in [1.82, 2.24) is 4.90 Å². The predicted molar refractivity (Wildman–Crippen MR) is 121 cm³/mol. The summed E-state index contributed by atoms with van der Waals surface area (Å²) in [4.78, 5) is 17.6. The molecule has 29 heavy (non-hydrogen) atoms. The first kappa shape index (κ1) is 20.2. The van der Waals surface area contributed by atoms with E-state index >= 15 is 0 Å². The molecule has 5 heteroatoms. The highest BCUT2D eigenvalue weighted by atomic mass is 35.5. The summed E-state index contributed by atoms with van der Waals surface area (Å²) in [6, 6.07) is 16.4. The number of carbonyl (C=O) groups excluding carboxylic acids is 1. The highest BCUT2D eigenvalue weighted by molar-refractivity contribution is 6.30. The van der Waals surface area contributed by atoms with Gasteiger partial charge in [-0.2, -0.15) is 0 Å². The van der Waals surface area contributed by atoms with Gasteiger partial charge in [-0.15, -0.1) is 0 Å². The van der Waals surface area contributed by atoms with Crippen LogP contribution in [0.4, 0.5) is 11.4 Å². The Morgan fingerprint density at radius 3 is 2.21 bits per heavy atom. The van der Waals surface area contributed by atoms with Crippen molar-refractivity contribution >= 4 is 28.9 Å². The number of benzene rings is 2. The van der Waals surface area contributed by atoms with Gasteiger partial charge in [0.15, 0.2) is 0 Å². The van der Waals surface area contributed by atoms with Crippen molar-refractivity contribution in [2.45, 2.75) is 38.6 Å². The maximum absolute atomic E-state index is 12.7. The average molecular weight is 412 g/mol. The molecule has 2 aliphatic rings. The maximum atomic E-state index is 12.7. The number of anilines is 2. The lowest BCUT2D eigenvalue weighted by Crippen LogP contribution is -2.37. The Hall–Kier alpha value is -2.04. The minimum atomic E-state index is 0.0956. The van der Waals surface area contributed by atoms with E-state index in [-0.39, 0.29) is 11.8 Å². The molecule has 0 spiro atoms. The van der Waals surface area contributed by atoms with Crippen molar-refractivity contribution in [2.75, 3.05) is 36.4 Å². The lowest BCUT2D eigenvalue weighted by molar-refractivity contribution is -0.121. The van der Waals surface area contributed by atoms with Crippen molar-refractivity contribution in [2.24, 2.45) is 5.92 Å². The van der Waals surface area contributed by atoms with Gasteiger partial charge in [0.2, 0.25) is 5.91 Å². The topological polar surface area (TPSA) is 35.6 Å². The monoisotopic (exact) mass is 411 g/mol. The zero-order valence-electron chi connectivity index (χ0n) is 16.9. The van der Waals surface area contributed by atoms with Gasteiger partial charge in [0.05, 0.1) is 0 Å². The van der Waals surface area contributed by atoms with E-state index in [2.05, 4.69) is 39.4 Å². The molecule has 1 N–H and O–H groups in total. The molecule has 2 heterocycles. The molecule has 0 bridgehead atoms. The third-order valence-corrected chi connectivity index (χ3v) is 6.39. The first-order valence-electron chi connectivity index (χ1n) is 10.8. The Morgan fingerprint density at radius 2 is 1.55 bits per heavy atom. The van der Waals surface area contributed by atoms with Gasteiger partial charge in [-0.05, 0) is 87.2 Å². The van der Waals surface area contributed by atoms with Crippen LogP contribution in [0.2, 0.25) is 5.02 Å². The van der Waals surface area contributed by atoms with Crippen molar-refractivity contribution < 1.29 is 4.79 Å². The Bertz CT molecular complexity index is 792. The predicted octanol–water partition coefficient (Wildman–Crippen LogP) is 5.18. The van der Waals surface area contributed by atoms with E-state index in [1.807, 2.05) is 24.3 Å². The van der Waals surface area contributed by atoms with E-state index in [0.29, 0.717) is 0 Å². The zero-order chi connectivity index (χ0) is 20.1. The molecule has 0 aromatic heterocycles. The summed E-state index contributed by atoms with van der Waals surface area (Å²) in [5.41, 5.74) is 3.43. The minimum absolute atomic E-state index is 0.0956. The highest BCUT2D eigenvalue weighted by Crippen LogP contribution is 2.24. The van der Waals surface area contributed by atoms with Crippen LogP contribution in [0.25, 0.3) is 0 Å². The number of amides is 1. The number of hydrogen-bond acceptors (Lipinski definition) is 3. The third-order valence-electron chi connectivity index (χ3n) is 6.13. The van der Waals surface area contributed by atoms with Crippen molar-refractivity contribution in [3.63, 3.8) is 0 Å². The number of rotatable bonds is 5. The zero-order valence-corrected chi connectivity index (χ0v) is 17.7. The summed E-state index contributed by atoms with van der Waals surface area (Å²) in [6.07, 6.45) is 5.70. The molecule has 0 aliphatic carbocycles. The van der Waals surface area contributed by atoms with E-state index in [4.69, 9.17) is 11.6 Å². The molecule has 0 radical (unpaired) electrons. The number of halogens is 1. The standard InChI is InChI=1S/C24H30ClN3O/c25-21-6-4-19(5-7-21)18-27-16-12-20(13-17-27)24(29)26-22-8-10-23(11-9-22)28-14-2-1-3-15-28/h4-11,20H,1-3,12-18H2,(H,26,29). The lowest BCUT2D eigenvalue weighted by Gasteiger charge is -2.31. The molecular weight excluding hydrogens is 382 g/mol. The number of piperidine rings is 2. The van der Waals surface area contributed by atoms with E-state index in [0.717, 1.165) is 56.3 Å². The van der Waals surface area contributed by atoms with Crippen LogP contribution in [0.1, 0.15) is 37.7 Å². The number of hydrogen-bond donors (Lipinski definition) is 1. The fraction of sp³-hybridized carbons (Fsp3) is 0.458. The largest absolute Gasteiger partial charge is 0.372 e. The van der Waals surface area contributed by atoms with E-state index in [9.17, 15) is 4.79 Å². The second kappa shape index (κ2) is 9.64. The Balaban J connectivity index is 1.24. The molecule has 2 aliphatic heterocycles. The molecule has 4 rings (SSSR count). The number of carbonyl (C=O) groups is 1. The molecule has 0 unspecified atom stereocenters. The average Bonchev–Trinajstić information content (AvgIpc) is 2.77. The minimum Gasteiger partial charge on any atom is -0.372 e. The number of nitrogens with zero attached hydrogens (tertiary/aromatic N) is 2. The van der Waals surface area contributed by atoms with E-state index < -0.39 is 0 Å². The van der Waals surface area contributed by atoms with Crippen LogP contribution in [-0.2, 0) is 11.3 Å². The van der Waals surface area contributed by atoms with Gasteiger partial charge in [-0.1, -0.05) is 23.7 Å². The van der Waals surface area contributed by atoms with E-state index in [1.54, 1.807) is 0 Å². The van der Waals surface area contributed by atoms with Crippen LogP contribution in [0.3, 0.4) is 0 Å². The van der Waals surface area contributed by atoms with Crippen LogP contribution in [-0.4, -0.2) is 37.0 Å². The number of nitrogens with one attached hydrogen (secondary N) is 1. The van der Waals surface area contributed by atoms with Crippen molar-refractivity contribution in [1.29, 1.82) is 0 Å². The molecule has 0 atom stereocenters. The first-order chi connectivity index (χ1) is 14.2. The fourth-order valence-corrected chi connectivity index (χ4v) is 4.48. The normalized spacial score (nSPS) is 18.6. The number of likely N-dealkylation sites (tertiary alicyclic amines) is 1. The molecule has 1 amide bonds. The second-order valence-corrected chi connectivity index (χ2v) is 8.70. The molecule has 2 fully saturated rings. The van der Waals surface area contributed by atoms with Crippen LogP contribution in [0.5, 0.6) is 0 Å². The maximum Gasteiger partial charge on any atom is 0.227 e. The molecule has 154 valence electrons. The van der Waals surface area contributed by atoms with Gasteiger partial charge in [-0.3, -0.25) is 9.69 Å². The van der Waals surface area contributed by atoms with Crippen LogP contribution >= 0.6 is 11.6 Å². The summed E-state index contributed by atoms with van der Waals surface area (Å²) in [5.74, 6) is 0.250. The quantitative estimate of drug-likeness (QED) is 0.736.